The average molecular weight is 330 g/mol. The van der Waals surface area contributed by atoms with Gasteiger partial charge in [0.05, 0.1) is 10.6 Å². The van der Waals surface area contributed by atoms with Crippen LogP contribution in [0.5, 0.6) is 0 Å². The van der Waals surface area contributed by atoms with E-state index in [0.717, 1.165) is 11.1 Å². The lowest BCUT2D eigenvalue weighted by Crippen LogP contribution is -2.20. The standard InChI is InChI=1S/C18H22N2O2S/c1-14(15-8-6-5-7-9-15)19-20-23(21,22)17-12-10-16(11-13-17)18(2,3)4/h5-13,20H,1-4H3. The summed E-state index contributed by atoms with van der Waals surface area (Å²) in [6.45, 7) is 8.02. The third-order valence-electron chi connectivity index (χ3n) is 3.56. The van der Waals surface area contributed by atoms with Gasteiger partial charge in [0.1, 0.15) is 0 Å². The average Bonchev–Trinajstić information content (AvgIpc) is 2.53. The molecule has 0 aliphatic carbocycles. The molecule has 0 amide bonds. The molecule has 5 heteroatoms. The van der Waals surface area contributed by atoms with Gasteiger partial charge in [-0.05, 0) is 35.6 Å². The van der Waals surface area contributed by atoms with E-state index in [1.165, 1.54) is 0 Å². The maximum Gasteiger partial charge on any atom is 0.276 e. The highest BCUT2D eigenvalue weighted by Crippen LogP contribution is 2.23. The fourth-order valence-electron chi connectivity index (χ4n) is 2.06. The van der Waals surface area contributed by atoms with Crippen LogP contribution in [0.1, 0.15) is 38.8 Å². The van der Waals surface area contributed by atoms with Crippen molar-refractivity contribution in [2.75, 3.05) is 0 Å². The first kappa shape index (κ1) is 17.2. The van der Waals surface area contributed by atoms with Crippen molar-refractivity contribution in [2.45, 2.75) is 38.0 Å². The van der Waals surface area contributed by atoms with Crippen LogP contribution in [0.2, 0.25) is 0 Å². The van der Waals surface area contributed by atoms with E-state index in [1.807, 2.05) is 42.5 Å². The Balaban J connectivity index is 2.19. The Hall–Kier alpha value is -2.14. The van der Waals surface area contributed by atoms with E-state index in [-0.39, 0.29) is 10.3 Å². The fourth-order valence-corrected chi connectivity index (χ4v) is 2.92. The summed E-state index contributed by atoms with van der Waals surface area (Å²) in [5.74, 6) is 0. The second-order valence-electron chi connectivity index (χ2n) is 6.43. The van der Waals surface area contributed by atoms with Crippen LogP contribution in [0.15, 0.2) is 64.6 Å². The summed E-state index contributed by atoms with van der Waals surface area (Å²) in [7, 11) is -3.66. The van der Waals surface area contributed by atoms with Gasteiger partial charge >= 0.3 is 0 Å². The van der Waals surface area contributed by atoms with E-state index in [9.17, 15) is 8.42 Å². The number of hydrazone groups is 1. The molecule has 0 saturated heterocycles. The Bertz CT molecular complexity index is 787. The molecule has 0 aromatic heterocycles. The molecular formula is C18H22N2O2S. The van der Waals surface area contributed by atoms with Crippen molar-refractivity contribution >= 4 is 15.7 Å². The molecule has 0 radical (unpaired) electrons. The monoisotopic (exact) mass is 330 g/mol. The molecular weight excluding hydrogens is 308 g/mol. The van der Waals surface area contributed by atoms with Crippen molar-refractivity contribution < 1.29 is 8.42 Å². The van der Waals surface area contributed by atoms with Gasteiger partial charge in [0.15, 0.2) is 0 Å². The van der Waals surface area contributed by atoms with Crippen LogP contribution in [0.25, 0.3) is 0 Å². The van der Waals surface area contributed by atoms with E-state index in [0.29, 0.717) is 5.71 Å². The van der Waals surface area contributed by atoms with Crippen LogP contribution < -0.4 is 4.83 Å². The molecule has 122 valence electrons. The molecule has 0 saturated carbocycles. The van der Waals surface area contributed by atoms with Crippen LogP contribution in [0, 0.1) is 0 Å². The van der Waals surface area contributed by atoms with Gasteiger partial charge in [-0.3, -0.25) is 0 Å². The second kappa shape index (κ2) is 6.54. The minimum Gasteiger partial charge on any atom is -0.200 e. The van der Waals surface area contributed by atoms with E-state index >= 15 is 0 Å². The Kier molecular flexibility index (Phi) is 4.90. The molecule has 0 atom stereocenters. The minimum atomic E-state index is -3.66. The molecule has 2 rings (SSSR count). The van der Waals surface area contributed by atoms with Crippen LogP contribution in [0.3, 0.4) is 0 Å². The summed E-state index contributed by atoms with van der Waals surface area (Å²) >= 11 is 0. The maximum absolute atomic E-state index is 12.3. The lowest BCUT2D eigenvalue weighted by molar-refractivity contribution is 0.580. The van der Waals surface area contributed by atoms with E-state index in [2.05, 4.69) is 30.7 Å². The Morgan fingerprint density at radius 1 is 0.957 bits per heavy atom. The number of hydrogen-bond acceptors (Lipinski definition) is 3. The Labute approximate surface area is 138 Å². The third kappa shape index (κ3) is 4.42. The SMILES string of the molecule is CC(=NNS(=O)(=O)c1ccc(C(C)(C)C)cc1)c1ccccc1. The maximum atomic E-state index is 12.3. The van der Waals surface area contributed by atoms with Gasteiger partial charge in [-0.2, -0.15) is 18.4 Å². The molecule has 0 fully saturated rings. The summed E-state index contributed by atoms with van der Waals surface area (Å²) in [4.78, 5) is 2.50. The molecule has 0 aliphatic rings. The molecule has 0 heterocycles. The first-order chi connectivity index (χ1) is 10.7. The predicted molar refractivity (Wildman–Crippen MR) is 94.1 cm³/mol. The van der Waals surface area contributed by atoms with Gasteiger partial charge in [-0.1, -0.05) is 63.2 Å². The van der Waals surface area contributed by atoms with Crippen molar-refractivity contribution in [2.24, 2.45) is 5.10 Å². The Morgan fingerprint density at radius 3 is 2.04 bits per heavy atom. The van der Waals surface area contributed by atoms with Gasteiger partial charge in [-0.15, -0.1) is 0 Å². The lowest BCUT2D eigenvalue weighted by atomic mass is 9.87. The number of nitrogens with one attached hydrogen (secondary N) is 1. The topological polar surface area (TPSA) is 58.5 Å². The van der Waals surface area contributed by atoms with Gasteiger partial charge in [-0.25, -0.2) is 0 Å². The summed E-state index contributed by atoms with van der Waals surface area (Å²) in [6.07, 6.45) is 0. The van der Waals surface area contributed by atoms with Crippen molar-refractivity contribution in [1.29, 1.82) is 0 Å². The van der Waals surface area contributed by atoms with Crippen LogP contribution in [-0.2, 0) is 15.4 Å². The van der Waals surface area contributed by atoms with Gasteiger partial charge in [0.2, 0.25) is 0 Å². The molecule has 1 N–H and O–H groups in total. The minimum absolute atomic E-state index is 0.0161. The normalized spacial score (nSPS) is 13.0. The van der Waals surface area contributed by atoms with E-state index < -0.39 is 10.0 Å². The summed E-state index contributed by atoms with van der Waals surface area (Å²) < 4.78 is 24.6. The molecule has 0 aliphatic heterocycles. The molecule has 0 bridgehead atoms. The van der Waals surface area contributed by atoms with Crippen molar-refractivity contribution in [1.82, 2.24) is 4.83 Å². The zero-order valence-electron chi connectivity index (χ0n) is 13.9. The summed E-state index contributed by atoms with van der Waals surface area (Å²) in [6, 6.07) is 16.3. The first-order valence-corrected chi connectivity index (χ1v) is 8.90. The largest absolute Gasteiger partial charge is 0.276 e. The van der Waals surface area contributed by atoms with Crippen LogP contribution in [-0.4, -0.2) is 14.1 Å². The summed E-state index contributed by atoms with van der Waals surface area (Å²) in [5.41, 5.74) is 2.55. The number of nitrogens with zero attached hydrogens (tertiary/aromatic N) is 1. The molecule has 2 aromatic rings. The zero-order valence-corrected chi connectivity index (χ0v) is 14.7. The van der Waals surface area contributed by atoms with E-state index in [4.69, 9.17) is 0 Å². The molecule has 0 spiro atoms. The zero-order chi connectivity index (χ0) is 17.1. The molecule has 2 aromatic carbocycles. The highest BCUT2D eigenvalue weighted by atomic mass is 32.2. The Morgan fingerprint density at radius 2 is 1.52 bits per heavy atom. The summed E-state index contributed by atoms with van der Waals surface area (Å²) in [5, 5.41) is 3.99. The number of benzene rings is 2. The van der Waals surface area contributed by atoms with Crippen molar-refractivity contribution in [3.63, 3.8) is 0 Å². The first-order valence-electron chi connectivity index (χ1n) is 7.42. The van der Waals surface area contributed by atoms with Crippen LogP contribution >= 0.6 is 0 Å². The number of hydrogen-bond donors (Lipinski definition) is 1. The highest BCUT2D eigenvalue weighted by molar-refractivity contribution is 7.89. The number of sulfonamides is 1. The smallest absolute Gasteiger partial charge is 0.200 e. The van der Waals surface area contributed by atoms with Gasteiger partial charge in [0.25, 0.3) is 10.0 Å². The second-order valence-corrected chi connectivity index (χ2v) is 8.09. The lowest BCUT2D eigenvalue weighted by Gasteiger charge is -2.19. The van der Waals surface area contributed by atoms with Crippen molar-refractivity contribution in [3.8, 4) is 0 Å². The van der Waals surface area contributed by atoms with E-state index in [1.54, 1.807) is 19.1 Å². The van der Waals surface area contributed by atoms with Crippen molar-refractivity contribution in [3.05, 3.63) is 65.7 Å². The van der Waals surface area contributed by atoms with Gasteiger partial charge in [0, 0.05) is 0 Å². The predicted octanol–water partition coefficient (Wildman–Crippen LogP) is 3.69. The number of rotatable bonds is 4. The molecule has 4 nitrogen and oxygen atoms in total. The van der Waals surface area contributed by atoms with Crippen LogP contribution in [0.4, 0.5) is 0 Å². The quantitative estimate of drug-likeness (QED) is 0.686. The van der Waals surface area contributed by atoms with Gasteiger partial charge < -0.3 is 0 Å². The highest BCUT2D eigenvalue weighted by Gasteiger charge is 2.17. The molecule has 23 heavy (non-hydrogen) atoms. The fraction of sp³-hybridized carbons (Fsp3) is 0.278. The molecule has 0 unspecified atom stereocenters. The third-order valence-corrected chi connectivity index (χ3v) is 4.78.